The quantitative estimate of drug-likeness (QED) is 0.478. The summed E-state index contributed by atoms with van der Waals surface area (Å²) < 4.78 is 13.8. The fraction of sp³-hybridized carbons (Fsp3) is 0.143. The summed E-state index contributed by atoms with van der Waals surface area (Å²) in [5, 5.41) is 14.2. The number of hydrogen-bond donors (Lipinski definition) is 1. The molecule has 0 aliphatic rings. The van der Waals surface area contributed by atoms with Gasteiger partial charge in [-0.15, -0.1) is 0 Å². The second-order valence-corrected chi connectivity index (χ2v) is 5.47. The van der Waals surface area contributed by atoms with E-state index in [1.165, 1.54) is 18.2 Å². The molecule has 0 heterocycles. The number of anilines is 1. The van der Waals surface area contributed by atoms with Crippen LogP contribution in [-0.4, -0.2) is 4.92 Å². The van der Waals surface area contributed by atoms with E-state index in [-0.39, 0.29) is 17.5 Å². The number of halogens is 2. The lowest BCUT2D eigenvalue weighted by molar-refractivity contribution is -0.385. The lowest BCUT2D eigenvalue weighted by Crippen LogP contribution is -2.10. The molecule has 0 aliphatic carbocycles. The minimum Gasteiger partial charge on any atom is -0.377 e. The number of nitro benzene ring substituents is 1. The summed E-state index contributed by atoms with van der Waals surface area (Å²) in [6.07, 6.45) is 0. The van der Waals surface area contributed by atoms with Crippen molar-refractivity contribution in [3.05, 3.63) is 67.5 Å². The van der Waals surface area contributed by atoms with E-state index in [0.717, 1.165) is 9.26 Å². The van der Waals surface area contributed by atoms with Crippen LogP contribution in [0.2, 0.25) is 0 Å². The zero-order valence-electron chi connectivity index (χ0n) is 10.6. The number of rotatable bonds is 4. The first-order valence-electron chi connectivity index (χ1n) is 5.94. The van der Waals surface area contributed by atoms with E-state index in [1.807, 2.05) is 29.5 Å². The predicted molar refractivity (Wildman–Crippen MR) is 84.3 cm³/mol. The van der Waals surface area contributed by atoms with Crippen molar-refractivity contribution in [2.75, 3.05) is 5.32 Å². The van der Waals surface area contributed by atoms with Crippen molar-refractivity contribution in [3.63, 3.8) is 0 Å². The Morgan fingerprint density at radius 3 is 2.65 bits per heavy atom. The van der Waals surface area contributed by atoms with Crippen molar-refractivity contribution in [2.45, 2.75) is 13.0 Å². The van der Waals surface area contributed by atoms with Gasteiger partial charge >= 0.3 is 0 Å². The summed E-state index contributed by atoms with van der Waals surface area (Å²) in [6, 6.07) is 10.7. The molecular formula is C14H12FIN2O2. The van der Waals surface area contributed by atoms with Gasteiger partial charge in [0.1, 0.15) is 5.82 Å². The molecule has 0 aliphatic heterocycles. The molecule has 6 heteroatoms. The molecule has 104 valence electrons. The first-order chi connectivity index (χ1) is 9.49. The van der Waals surface area contributed by atoms with E-state index in [4.69, 9.17) is 0 Å². The predicted octanol–water partition coefficient (Wildman–Crippen LogP) is 4.51. The van der Waals surface area contributed by atoms with Crippen LogP contribution < -0.4 is 5.32 Å². The van der Waals surface area contributed by atoms with Crippen LogP contribution in [0.1, 0.15) is 18.5 Å². The lowest BCUT2D eigenvalue weighted by atomic mass is 10.1. The third-order valence-electron chi connectivity index (χ3n) is 2.90. The molecule has 0 amide bonds. The van der Waals surface area contributed by atoms with Crippen molar-refractivity contribution in [2.24, 2.45) is 0 Å². The number of nitrogens with one attached hydrogen (secondary N) is 1. The van der Waals surface area contributed by atoms with Crippen LogP contribution in [0.4, 0.5) is 15.8 Å². The van der Waals surface area contributed by atoms with Crippen LogP contribution in [0.15, 0.2) is 42.5 Å². The minimum atomic E-state index is -0.400. The van der Waals surface area contributed by atoms with Gasteiger partial charge in [0.05, 0.1) is 16.5 Å². The highest BCUT2D eigenvalue weighted by Crippen LogP contribution is 2.29. The molecule has 2 aromatic carbocycles. The van der Waals surface area contributed by atoms with E-state index in [9.17, 15) is 14.5 Å². The van der Waals surface area contributed by atoms with E-state index in [0.29, 0.717) is 5.56 Å². The smallest absolute Gasteiger partial charge is 0.274 e. The van der Waals surface area contributed by atoms with Gasteiger partial charge in [0, 0.05) is 15.3 Å². The van der Waals surface area contributed by atoms with Crippen molar-refractivity contribution < 1.29 is 9.31 Å². The fourth-order valence-corrected chi connectivity index (χ4v) is 2.57. The zero-order chi connectivity index (χ0) is 14.7. The van der Waals surface area contributed by atoms with Crippen LogP contribution in [0.3, 0.4) is 0 Å². The average Bonchev–Trinajstić information content (AvgIpc) is 2.41. The van der Waals surface area contributed by atoms with Gasteiger partial charge in [0.25, 0.3) is 5.69 Å². The molecule has 0 saturated carbocycles. The highest BCUT2D eigenvalue weighted by molar-refractivity contribution is 14.1. The van der Waals surface area contributed by atoms with Gasteiger partial charge in [-0.3, -0.25) is 10.1 Å². The largest absolute Gasteiger partial charge is 0.377 e. The average molecular weight is 386 g/mol. The molecule has 0 spiro atoms. The summed E-state index contributed by atoms with van der Waals surface area (Å²) >= 11 is 2.02. The van der Waals surface area contributed by atoms with Gasteiger partial charge in [-0.25, -0.2) is 4.39 Å². The standard InChI is InChI=1S/C14H12FIN2O2/c1-9(11-4-2-3-5-14(11)18(19)20)17-13-7-6-10(15)8-12(13)16/h2-9,17H,1H3. The van der Waals surface area contributed by atoms with Gasteiger partial charge in [-0.1, -0.05) is 18.2 Å². The Morgan fingerprint density at radius 1 is 1.30 bits per heavy atom. The Kier molecular flexibility index (Phi) is 4.53. The van der Waals surface area contributed by atoms with Gasteiger partial charge in [-0.2, -0.15) is 0 Å². The molecule has 0 saturated heterocycles. The number of hydrogen-bond acceptors (Lipinski definition) is 3. The maximum atomic E-state index is 13.1. The molecule has 1 N–H and O–H groups in total. The molecule has 0 radical (unpaired) electrons. The Hall–Kier alpha value is -1.70. The normalized spacial score (nSPS) is 11.9. The topological polar surface area (TPSA) is 55.2 Å². The zero-order valence-corrected chi connectivity index (χ0v) is 12.8. The van der Waals surface area contributed by atoms with E-state index in [2.05, 4.69) is 5.32 Å². The van der Waals surface area contributed by atoms with E-state index < -0.39 is 4.92 Å². The summed E-state index contributed by atoms with van der Waals surface area (Å²) in [4.78, 5) is 10.6. The molecule has 20 heavy (non-hydrogen) atoms. The maximum absolute atomic E-state index is 13.1. The summed E-state index contributed by atoms with van der Waals surface area (Å²) in [5.41, 5.74) is 1.42. The van der Waals surface area contributed by atoms with Crippen LogP contribution in [0.25, 0.3) is 0 Å². The Morgan fingerprint density at radius 2 is 2.00 bits per heavy atom. The molecule has 0 fully saturated rings. The van der Waals surface area contributed by atoms with Crippen molar-refractivity contribution >= 4 is 34.0 Å². The van der Waals surface area contributed by atoms with Crippen molar-refractivity contribution in [3.8, 4) is 0 Å². The lowest BCUT2D eigenvalue weighted by Gasteiger charge is -2.17. The second kappa shape index (κ2) is 6.17. The van der Waals surface area contributed by atoms with Gasteiger partial charge < -0.3 is 5.32 Å². The Labute approximate surface area is 129 Å². The Balaban J connectivity index is 2.28. The molecule has 4 nitrogen and oxygen atoms in total. The molecule has 0 aromatic heterocycles. The highest BCUT2D eigenvalue weighted by Gasteiger charge is 2.18. The molecule has 2 aromatic rings. The number of benzene rings is 2. The van der Waals surface area contributed by atoms with Crippen molar-refractivity contribution in [1.82, 2.24) is 0 Å². The number of para-hydroxylation sites is 1. The number of nitro groups is 1. The minimum absolute atomic E-state index is 0.0737. The molecular weight excluding hydrogens is 374 g/mol. The SMILES string of the molecule is CC(Nc1ccc(F)cc1I)c1ccccc1[N+](=O)[O-]. The molecule has 0 bridgehead atoms. The van der Waals surface area contributed by atoms with Crippen LogP contribution in [-0.2, 0) is 0 Å². The van der Waals surface area contributed by atoms with Crippen LogP contribution >= 0.6 is 22.6 Å². The van der Waals surface area contributed by atoms with Crippen molar-refractivity contribution in [1.29, 1.82) is 0 Å². The number of nitrogens with zero attached hydrogens (tertiary/aromatic N) is 1. The first-order valence-corrected chi connectivity index (χ1v) is 7.02. The highest BCUT2D eigenvalue weighted by atomic mass is 127. The summed E-state index contributed by atoms with van der Waals surface area (Å²) in [6.45, 7) is 1.84. The summed E-state index contributed by atoms with van der Waals surface area (Å²) in [5.74, 6) is -0.307. The van der Waals surface area contributed by atoms with Crippen LogP contribution in [0, 0.1) is 19.5 Å². The third kappa shape index (κ3) is 3.24. The Bertz CT molecular complexity index is 649. The van der Waals surface area contributed by atoms with Gasteiger partial charge in [0.2, 0.25) is 0 Å². The third-order valence-corrected chi connectivity index (χ3v) is 3.80. The molecule has 1 atom stereocenters. The first kappa shape index (κ1) is 14.7. The maximum Gasteiger partial charge on any atom is 0.274 e. The fourth-order valence-electron chi connectivity index (χ4n) is 1.94. The van der Waals surface area contributed by atoms with Gasteiger partial charge in [0.15, 0.2) is 0 Å². The molecule has 1 unspecified atom stereocenters. The summed E-state index contributed by atoms with van der Waals surface area (Å²) in [7, 11) is 0. The van der Waals surface area contributed by atoms with E-state index >= 15 is 0 Å². The second-order valence-electron chi connectivity index (χ2n) is 4.31. The van der Waals surface area contributed by atoms with Gasteiger partial charge in [-0.05, 0) is 47.7 Å². The molecule has 2 rings (SSSR count). The monoisotopic (exact) mass is 386 g/mol. The van der Waals surface area contributed by atoms with Crippen LogP contribution in [0.5, 0.6) is 0 Å². The van der Waals surface area contributed by atoms with E-state index in [1.54, 1.807) is 24.3 Å².